The number of hydrogen-bond acceptors (Lipinski definition) is 6. The highest BCUT2D eigenvalue weighted by atomic mass is 16.5. The number of phenolic OH excluding ortho intramolecular Hbond substituents is 1. The van der Waals surface area contributed by atoms with Crippen LogP contribution in [0.15, 0.2) is 42.5 Å². The third-order valence-electron chi connectivity index (χ3n) is 5.81. The molecule has 0 spiro atoms. The van der Waals surface area contributed by atoms with Crippen molar-refractivity contribution in [3.05, 3.63) is 59.2 Å². The van der Waals surface area contributed by atoms with Crippen molar-refractivity contribution in [2.24, 2.45) is 5.92 Å². The predicted molar refractivity (Wildman–Crippen MR) is 108 cm³/mol. The van der Waals surface area contributed by atoms with Crippen LogP contribution in [0.2, 0.25) is 0 Å². The number of hydrazine groups is 1. The number of carbonyl (C=O) groups is 1. The Morgan fingerprint density at radius 2 is 1.83 bits per heavy atom. The van der Waals surface area contributed by atoms with Gasteiger partial charge in [0.05, 0.1) is 25.3 Å². The number of β-amino-alcohol motifs (C(OH)–C–C–N with tert-alkyl or cyclic N) is 1. The van der Waals surface area contributed by atoms with E-state index in [1.54, 1.807) is 11.0 Å². The third kappa shape index (κ3) is 3.46. The second kappa shape index (κ2) is 8.02. The molecule has 4 unspecified atom stereocenters. The average molecular weight is 397 g/mol. The number of likely N-dealkylation sites (tertiary alicyclic amines) is 1. The normalized spacial score (nSPS) is 26.0. The van der Waals surface area contributed by atoms with E-state index in [-0.39, 0.29) is 42.8 Å². The zero-order chi connectivity index (χ0) is 20.5. The number of nitrogens with zero attached hydrogens (tertiary/aromatic N) is 1. The third-order valence-corrected chi connectivity index (χ3v) is 5.81. The molecule has 2 aliphatic heterocycles. The molecule has 2 heterocycles. The second-order valence-electron chi connectivity index (χ2n) is 7.59. The quantitative estimate of drug-likeness (QED) is 0.594. The van der Waals surface area contributed by atoms with E-state index in [9.17, 15) is 15.0 Å². The summed E-state index contributed by atoms with van der Waals surface area (Å²) in [6, 6.07) is 12.4. The molecule has 0 aromatic heterocycles. The molecule has 154 valence electrons. The summed E-state index contributed by atoms with van der Waals surface area (Å²) in [7, 11) is 0. The highest BCUT2D eigenvalue weighted by Gasteiger charge is 2.55. The summed E-state index contributed by atoms with van der Waals surface area (Å²) < 4.78 is 5.55. The Morgan fingerprint density at radius 3 is 2.52 bits per heavy atom. The van der Waals surface area contributed by atoms with Gasteiger partial charge in [0.25, 0.3) is 0 Å². The van der Waals surface area contributed by atoms with E-state index in [4.69, 9.17) is 4.74 Å². The number of ether oxygens (including phenoxy) is 1. The maximum atomic E-state index is 13.1. The number of hydrogen-bond donors (Lipinski definition) is 4. The summed E-state index contributed by atoms with van der Waals surface area (Å²) in [4.78, 5) is 14.8. The van der Waals surface area contributed by atoms with Gasteiger partial charge in [-0.25, -0.2) is 10.9 Å². The van der Waals surface area contributed by atoms with Crippen LogP contribution in [0.5, 0.6) is 11.5 Å². The zero-order valence-electron chi connectivity index (χ0n) is 16.6. The predicted octanol–water partition coefficient (Wildman–Crippen LogP) is 1.81. The highest BCUT2D eigenvalue weighted by molar-refractivity contribution is 5.86. The molecule has 2 aromatic rings. The molecular weight excluding hydrogens is 370 g/mol. The van der Waals surface area contributed by atoms with Crippen molar-refractivity contribution in [3.63, 3.8) is 0 Å². The number of aryl methyl sites for hydroxylation is 1. The molecule has 4 N–H and O–H groups in total. The molecule has 4 atom stereocenters. The molecule has 2 aliphatic rings. The summed E-state index contributed by atoms with van der Waals surface area (Å²) in [6.45, 7) is 4.66. The average Bonchev–Trinajstić information content (AvgIpc) is 3.25. The number of amides is 1. The summed E-state index contributed by atoms with van der Waals surface area (Å²) >= 11 is 0. The molecule has 29 heavy (non-hydrogen) atoms. The maximum Gasteiger partial charge on any atom is 0.242 e. The van der Waals surface area contributed by atoms with Gasteiger partial charge in [0.2, 0.25) is 5.91 Å². The summed E-state index contributed by atoms with van der Waals surface area (Å²) in [5.74, 6) is 0.792. The number of carbonyl (C=O) groups excluding carboxylic acids is 1. The Kier molecular flexibility index (Phi) is 5.45. The molecule has 0 aliphatic carbocycles. The zero-order valence-corrected chi connectivity index (χ0v) is 16.6. The highest BCUT2D eigenvalue weighted by Crippen LogP contribution is 2.48. The maximum absolute atomic E-state index is 13.1. The van der Waals surface area contributed by atoms with Crippen molar-refractivity contribution in [3.8, 4) is 11.5 Å². The number of aliphatic hydroxyl groups excluding tert-OH is 1. The summed E-state index contributed by atoms with van der Waals surface area (Å²) in [5, 5.41) is 20.0. The Balaban J connectivity index is 1.75. The number of aliphatic hydroxyl groups is 1. The van der Waals surface area contributed by atoms with Crippen LogP contribution in [0, 0.1) is 12.8 Å². The lowest BCUT2D eigenvalue weighted by molar-refractivity contribution is -0.131. The van der Waals surface area contributed by atoms with Crippen LogP contribution in [0.3, 0.4) is 0 Å². The van der Waals surface area contributed by atoms with Crippen molar-refractivity contribution < 1.29 is 19.7 Å². The second-order valence-corrected chi connectivity index (χ2v) is 7.59. The summed E-state index contributed by atoms with van der Waals surface area (Å²) in [5.41, 5.74) is 9.13. The van der Waals surface area contributed by atoms with Gasteiger partial charge >= 0.3 is 0 Å². The minimum Gasteiger partial charge on any atom is -0.508 e. The van der Waals surface area contributed by atoms with Gasteiger partial charge in [0, 0.05) is 18.0 Å². The van der Waals surface area contributed by atoms with Crippen LogP contribution in [0.1, 0.15) is 35.7 Å². The van der Waals surface area contributed by atoms with Gasteiger partial charge in [0.1, 0.15) is 17.5 Å². The van der Waals surface area contributed by atoms with E-state index in [1.165, 1.54) is 0 Å². The Hall–Kier alpha value is -2.61. The molecule has 0 radical (unpaired) electrons. The van der Waals surface area contributed by atoms with Crippen molar-refractivity contribution in [2.45, 2.75) is 32.0 Å². The Labute approximate surface area is 170 Å². The fourth-order valence-corrected chi connectivity index (χ4v) is 4.57. The van der Waals surface area contributed by atoms with Crippen molar-refractivity contribution in [2.75, 3.05) is 19.8 Å². The van der Waals surface area contributed by atoms with Crippen LogP contribution in [0.25, 0.3) is 0 Å². The smallest absolute Gasteiger partial charge is 0.242 e. The van der Waals surface area contributed by atoms with E-state index in [1.807, 2.05) is 50.2 Å². The van der Waals surface area contributed by atoms with Gasteiger partial charge in [-0.15, -0.1) is 0 Å². The molecule has 0 saturated carbocycles. The van der Waals surface area contributed by atoms with Crippen LogP contribution in [-0.4, -0.2) is 46.8 Å². The van der Waals surface area contributed by atoms with Gasteiger partial charge < -0.3 is 19.8 Å². The van der Waals surface area contributed by atoms with Gasteiger partial charge in [-0.2, -0.15) is 0 Å². The number of phenols is 1. The van der Waals surface area contributed by atoms with Crippen molar-refractivity contribution in [1.82, 2.24) is 15.8 Å². The first-order valence-corrected chi connectivity index (χ1v) is 9.99. The fourth-order valence-electron chi connectivity index (χ4n) is 4.57. The molecular formula is C22H27N3O4. The molecule has 2 aromatic carbocycles. The topological polar surface area (TPSA) is 94.1 Å². The van der Waals surface area contributed by atoms with Crippen LogP contribution >= 0.6 is 0 Å². The molecule has 2 fully saturated rings. The first-order valence-electron chi connectivity index (χ1n) is 9.99. The molecule has 1 amide bonds. The van der Waals surface area contributed by atoms with Gasteiger partial charge in [-0.05, 0) is 37.6 Å². The van der Waals surface area contributed by atoms with Gasteiger partial charge in [-0.1, -0.05) is 29.8 Å². The molecule has 7 heteroatoms. The number of benzene rings is 2. The summed E-state index contributed by atoms with van der Waals surface area (Å²) in [6.07, 6.45) is 0. The number of aromatic hydroxyl groups is 1. The van der Waals surface area contributed by atoms with E-state index < -0.39 is 6.04 Å². The monoisotopic (exact) mass is 397 g/mol. The number of rotatable bonds is 6. The van der Waals surface area contributed by atoms with Crippen molar-refractivity contribution >= 4 is 5.91 Å². The van der Waals surface area contributed by atoms with Crippen LogP contribution < -0.4 is 15.6 Å². The first-order chi connectivity index (χ1) is 14.0. The minimum atomic E-state index is -0.428. The van der Waals surface area contributed by atoms with E-state index in [2.05, 4.69) is 10.9 Å². The fraction of sp³-hybridized carbons (Fsp3) is 0.409. The van der Waals surface area contributed by atoms with Gasteiger partial charge in [-0.3, -0.25) is 4.79 Å². The molecule has 4 rings (SSSR count). The van der Waals surface area contributed by atoms with E-state index in [0.717, 1.165) is 22.4 Å². The lowest BCUT2D eigenvalue weighted by Gasteiger charge is -2.31. The standard InChI is InChI=1S/C22H27N3O4/c1-3-29-15-7-5-14(6-8-15)21-18-19(16-12-13(2)4-9-17(16)27)23-24-20(18)22(28)25(21)10-11-26/h4-9,12,18-21,23-24,26-27H,3,10-11H2,1-2H3. The Morgan fingerprint density at radius 1 is 1.10 bits per heavy atom. The first kappa shape index (κ1) is 19.7. The molecule has 7 nitrogen and oxygen atoms in total. The molecule has 2 saturated heterocycles. The van der Waals surface area contributed by atoms with Crippen molar-refractivity contribution in [1.29, 1.82) is 0 Å². The van der Waals surface area contributed by atoms with Crippen LogP contribution in [-0.2, 0) is 4.79 Å². The SMILES string of the molecule is CCOc1ccc(C2C3C(NNC3c3cc(C)ccc3O)C(=O)N2CCO)cc1. The Bertz CT molecular complexity index is 886. The van der Waals surface area contributed by atoms with E-state index >= 15 is 0 Å². The number of fused-ring (bicyclic) bond motifs is 1. The largest absolute Gasteiger partial charge is 0.508 e. The lowest BCUT2D eigenvalue weighted by atomic mass is 9.83. The van der Waals surface area contributed by atoms with Gasteiger partial charge in [0.15, 0.2) is 0 Å². The minimum absolute atomic E-state index is 0.0509. The van der Waals surface area contributed by atoms with Crippen LogP contribution in [0.4, 0.5) is 0 Å². The molecule has 0 bridgehead atoms. The number of nitrogens with one attached hydrogen (secondary N) is 2. The lowest BCUT2D eigenvalue weighted by Crippen LogP contribution is -2.42. The van der Waals surface area contributed by atoms with E-state index in [0.29, 0.717) is 6.61 Å².